The Kier molecular flexibility index (Phi) is 5.35. The summed E-state index contributed by atoms with van der Waals surface area (Å²) in [6, 6.07) is 2.95. The molecular formula is C13H18ClFN2O3S. The number of carbonyl (C=O) groups is 1. The molecule has 1 amide bonds. The van der Waals surface area contributed by atoms with E-state index < -0.39 is 33.3 Å². The lowest BCUT2D eigenvalue weighted by molar-refractivity contribution is -0.124. The maximum Gasteiger partial charge on any atom is 0.238 e. The van der Waals surface area contributed by atoms with Crippen molar-refractivity contribution in [1.29, 1.82) is 0 Å². The Balaban J connectivity index is 2.91. The number of halogens is 2. The first-order valence-corrected chi connectivity index (χ1v) is 8.44. The van der Waals surface area contributed by atoms with Crippen LogP contribution in [0.15, 0.2) is 18.2 Å². The number of hydrogen-bond acceptors (Lipinski definition) is 3. The Morgan fingerprint density at radius 1 is 1.38 bits per heavy atom. The molecule has 0 fully saturated rings. The molecule has 8 heteroatoms. The number of amides is 1. The third kappa shape index (κ3) is 5.26. The largest absolute Gasteiger partial charge is 0.346 e. The summed E-state index contributed by atoms with van der Waals surface area (Å²) in [6.07, 6.45) is 0.971. The first-order valence-electron chi connectivity index (χ1n) is 6.17. The second-order valence-electron chi connectivity index (χ2n) is 5.35. The average Bonchev–Trinajstić information content (AvgIpc) is 2.24. The topological polar surface area (TPSA) is 75.3 Å². The molecule has 1 atom stereocenters. The molecule has 118 valence electrons. The van der Waals surface area contributed by atoms with Crippen molar-refractivity contribution < 1.29 is 17.6 Å². The highest BCUT2D eigenvalue weighted by Crippen LogP contribution is 2.28. The van der Waals surface area contributed by atoms with Gasteiger partial charge in [0.1, 0.15) is 5.82 Å². The summed E-state index contributed by atoms with van der Waals surface area (Å²) in [7, 11) is -3.49. The normalized spacial score (nSPS) is 13.8. The van der Waals surface area contributed by atoms with Crippen LogP contribution in [0.3, 0.4) is 0 Å². The van der Waals surface area contributed by atoms with E-state index in [0.29, 0.717) is 5.56 Å². The molecule has 0 aliphatic heterocycles. The monoisotopic (exact) mass is 336 g/mol. The van der Waals surface area contributed by atoms with Crippen molar-refractivity contribution in [2.75, 3.05) is 6.26 Å². The number of rotatable bonds is 5. The van der Waals surface area contributed by atoms with Crippen LogP contribution in [0.1, 0.15) is 26.3 Å². The van der Waals surface area contributed by atoms with Gasteiger partial charge >= 0.3 is 0 Å². The van der Waals surface area contributed by atoms with Gasteiger partial charge in [0.15, 0.2) is 0 Å². The van der Waals surface area contributed by atoms with E-state index in [-0.39, 0.29) is 5.02 Å². The van der Waals surface area contributed by atoms with Crippen LogP contribution < -0.4 is 10.0 Å². The van der Waals surface area contributed by atoms with Gasteiger partial charge in [-0.05, 0) is 38.5 Å². The summed E-state index contributed by atoms with van der Waals surface area (Å²) in [5, 5.41) is 2.87. The Labute approximate surface area is 128 Å². The Bertz CT molecular complexity index is 647. The number of carbonyl (C=O) groups excluding carboxylic acids is 1. The van der Waals surface area contributed by atoms with Crippen molar-refractivity contribution in [2.24, 2.45) is 0 Å². The molecule has 0 spiro atoms. The van der Waals surface area contributed by atoms with E-state index in [1.54, 1.807) is 13.8 Å². The molecular weight excluding hydrogens is 319 g/mol. The van der Waals surface area contributed by atoms with E-state index in [2.05, 4.69) is 10.0 Å². The molecule has 1 aromatic carbocycles. The SMILES string of the molecule is CC(NS(C)(=O)=O)C(=O)NC(C)(C)c1ccc(F)cc1Cl. The average molecular weight is 337 g/mol. The quantitative estimate of drug-likeness (QED) is 0.860. The van der Waals surface area contributed by atoms with Crippen LogP contribution in [0.4, 0.5) is 4.39 Å². The van der Waals surface area contributed by atoms with Gasteiger partial charge in [0.2, 0.25) is 15.9 Å². The van der Waals surface area contributed by atoms with Crippen molar-refractivity contribution in [3.05, 3.63) is 34.6 Å². The Hall–Kier alpha value is -1.18. The van der Waals surface area contributed by atoms with Crippen molar-refractivity contribution in [3.8, 4) is 0 Å². The molecule has 2 N–H and O–H groups in total. The van der Waals surface area contributed by atoms with Crippen molar-refractivity contribution >= 4 is 27.5 Å². The van der Waals surface area contributed by atoms with E-state index in [1.807, 2.05) is 0 Å². The second kappa shape index (κ2) is 6.29. The Morgan fingerprint density at radius 3 is 2.43 bits per heavy atom. The van der Waals surface area contributed by atoms with Crippen LogP contribution in [0.2, 0.25) is 5.02 Å². The standard InChI is InChI=1S/C13H18ClFN2O3S/c1-8(17-21(4,19)20)12(18)16-13(2,3)10-6-5-9(15)7-11(10)14/h5-8,17H,1-4H3,(H,16,18). The highest BCUT2D eigenvalue weighted by atomic mass is 35.5. The summed E-state index contributed by atoms with van der Waals surface area (Å²) in [5.41, 5.74) is -0.347. The van der Waals surface area contributed by atoms with Gasteiger partial charge in [-0.1, -0.05) is 17.7 Å². The fraction of sp³-hybridized carbons (Fsp3) is 0.462. The van der Waals surface area contributed by atoms with Crippen molar-refractivity contribution in [1.82, 2.24) is 10.0 Å². The molecule has 0 saturated carbocycles. The number of nitrogens with one attached hydrogen (secondary N) is 2. The van der Waals surface area contributed by atoms with Gasteiger partial charge in [0, 0.05) is 5.02 Å². The molecule has 1 unspecified atom stereocenters. The van der Waals surface area contributed by atoms with Gasteiger partial charge in [-0.2, -0.15) is 0 Å². The minimum absolute atomic E-state index is 0.184. The highest BCUT2D eigenvalue weighted by Gasteiger charge is 2.28. The van der Waals surface area contributed by atoms with Gasteiger partial charge in [-0.3, -0.25) is 4.79 Å². The van der Waals surface area contributed by atoms with Crippen LogP contribution in [0.5, 0.6) is 0 Å². The van der Waals surface area contributed by atoms with Crippen LogP contribution in [0.25, 0.3) is 0 Å². The fourth-order valence-electron chi connectivity index (χ4n) is 1.85. The summed E-state index contributed by atoms with van der Waals surface area (Å²) in [4.78, 5) is 12.0. The summed E-state index contributed by atoms with van der Waals surface area (Å²) in [5.74, 6) is -0.983. The predicted octanol–water partition coefficient (Wildman–Crippen LogP) is 1.77. The molecule has 0 bridgehead atoms. The molecule has 0 aliphatic rings. The maximum atomic E-state index is 13.1. The van der Waals surface area contributed by atoms with Crippen LogP contribution >= 0.6 is 11.6 Å². The Morgan fingerprint density at radius 2 is 1.95 bits per heavy atom. The van der Waals surface area contributed by atoms with Crippen molar-refractivity contribution in [3.63, 3.8) is 0 Å². The molecule has 1 aromatic rings. The zero-order chi connectivity index (χ0) is 16.4. The zero-order valence-electron chi connectivity index (χ0n) is 12.2. The lowest BCUT2D eigenvalue weighted by atomic mass is 9.93. The molecule has 0 radical (unpaired) electrons. The van der Waals surface area contributed by atoms with E-state index in [4.69, 9.17) is 11.6 Å². The molecule has 21 heavy (non-hydrogen) atoms. The van der Waals surface area contributed by atoms with Crippen LogP contribution in [0, 0.1) is 5.82 Å². The van der Waals surface area contributed by atoms with Crippen LogP contribution in [-0.2, 0) is 20.4 Å². The number of hydrogen-bond donors (Lipinski definition) is 2. The highest BCUT2D eigenvalue weighted by molar-refractivity contribution is 7.88. The van der Waals surface area contributed by atoms with Gasteiger partial charge in [-0.15, -0.1) is 0 Å². The fourth-order valence-corrected chi connectivity index (χ4v) is 3.01. The van der Waals surface area contributed by atoms with Crippen molar-refractivity contribution in [2.45, 2.75) is 32.4 Å². The lowest BCUT2D eigenvalue weighted by Gasteiger charge is -2.29. The minimum atomic E-state index is -3.49. The van der Waals surface area contributed by atoms with E-state index in [1.165, 1.54) is 19.1 Å². The molecule has 5 nitrogen and oxygen atoms in total. The van der Waals surface area contributed by atoms with Crippen LogP contribution in [-0.4, -0.2) is 26.6 Å². The van der Waals surface area contributed by atoms with E-state index in [0.717, 1.165) is 12.3 Å². The van der Waals surface area contributed by atoms with E-state index >= 15 is 0 Å². The predicted molar refractivity (Wildman–Crippen MR) is 80.0 cm³/mol. The van der Waals surface area contributed by atoms with Gasteiger partial charge in [0.05, 0.1) is 17.8 Å². The first-order chi connectivity index (χ1) is 9.42. The number of benzene rings is 1. The van der Waals surface area contributed by atoms with Gasteiger partial charge in [0.25, 0.3) is 0 Å². The first kappa shape index (κ1) is 17.9. The third-order valence-corrected chi connectivity index (χ3v) is 3.92. The van der Waals surface area contributed by atoms with Gasteiger partial charge in [-0.25, -0.2) is 17.5 Å². The summed E-state index contributed by atoms with van der Waals surface area (Å²) < 4.78 is 37.5. The third-order valence-electron chi connectivity index (χ3n) is 2.82. The smallest absolute Gasteiger partial charge is 0.238 e. The minimum Gasteiger partial charge on any atom is -0.346 e. The van der Waals surface area contributed by atoms with E-state index in [9.17, 15) is 17.6 Å². The number of sulfonamides is 1. The zero-order valence-corrected chi connectivity index (χ0v) is 13.8. The summed E-state index contributed by atoms with van der Waals surface area (Å²) in [6.45, 7) is 4.81. The molecule has 0 aromatic heterocycles. The second-order valence-corrected chi connectivity index (χ2v) is 7.54. The maximum absolute atomic E-state index is 13.1. The molecule has 0 heterocycles. The molecule has 0 saturated heterocycles. The molecule has 0 aliphatic carbocycles. The molecule has 1 rings (SSSR count). The summed E-state index contributed by atoms with van der Waals surface area (Å²) >= 11 is 5.98. The van der Waals surface area contributed by atoms with Gasteiger partial charge < -0.3 is 5.32 Å². The lowest BCUT2D eigenvalue weighted by Crippen LogP contribution is -2.50.